The number of aliphatic hydroxyl groups is 1. The van der Waals surface area contributed by atoms with Gasteiger partial charge in [-0.25, -0.2) is 8.42 Å². The van der Waals surface area contributed by atoms with Crippen LogP contribution < -0.4 is 19.7 Å². The van der Waals surface area contributed by atoms with Crippen LogP contribution in [0.3, 0.4) is 0 Å². The number of pyridine rings is 1. The molecule has 0 radical (unpaired) electrons. The van der Waals surface area contributed by atoms with E-state index in [1.165, 1.54) is 17.2 Å². The number of aromatic nitrogens is 1. The van der Waals surface area contributed by atoms with Gasteiger partial charge in [-0.1, -0.05) is 30.0 Å². The van der Waals surface area contributed by atoms with E-state index in [-0.39, 0.29) is 36.6 Å². The number of anilines is 1. The lowest BCUT2D eigenvalue weighted by Gasteiger charge is -2.26. The molecule has 3 aromatic rings. The number of para-hydroxylation sites is 1. The van der Waals surface area contributed by atoms with E-state index in [2.05, 4.69) is 22.1 Å². The van der Waals surface area contributed by atoms with Gasteiger partial charge in [-0.3, -0.25) is 14.6 Å². The minimum Gasteiger partial charge on any atom is -0.489 e. The molecule has 5 rings (SSSR count). The minimum atomic E-state index is -3.14. The lowest BCUT2D eigenvalue weighted by atomic mass is 9.97. The Hall–Kier alpha value is -4.40. The van der Waals surface area contributed by atoms with Crippen LogP contribution in [-0.4, -0.2) is 67.1 Å². The number of carbonyl (C=O) groups is 2. The highest BCUT2D eigenvalue weighted by atomic mass is 32.2. The van der Waals surface area contributed by atoms with Crippen LogP contribution in [0.2, 0.25) is 0 Å². The second-order valence-corrected chi connectivity index (χ2v) is 11.9. The normalized spacial score (nSPS) is 19.2. The van der Waals surface area contributed by atoms with E-state index in [1.807, 2.05) is 18.2 Å². The fourth-order valence-electron chi connectivity index (χ4n) is 4.32. The Morgan fingerprint density at radius 2 is 1.88 bits per heavy atom. The number of carbonyl (C=O) groups excluding carboxylic acids is 2. The number of amides is 2. The van der Waals surface area contributed by atoms with Crippen molar-refractivity contribution >= 4 is 27.3 Å². The number of rotatable bonds is 4. The molecule has 11 heteroatoms. The van der Waals surface area contributed by atoms with Crippen LogP contribution in [0.4, 0.5) is 5.69 Å². The summed E-state index contributed by atoms with van der Waals surface area (Å²) in [5, 5.41) is 13.4. The molecule has 2 aromatic carbocycles. The fraction of sp³-hybridized carbons (Fsp3) is 0.276. The average molecular weight is 562 g/mol. The maximum Gasteiger partial charge on any atom is 0.270 e. The monoisotopic (exact) mass is 561 g/mol. The Kier molecular flexibility index (Phi) is 7.47. The van der Waals surface area contributed by atoms with Gasteiger partial charge < -0.3 is 24.8 Å². The lowest BCUT2D eigenvalue weighted by Crippen LogP contribution is -2.49. The Bertz CT molecular complexity index is 1600. The molecule has 2 amide bonds. The second-order valence-electron chi connectivity index (χ2n) is 9.64. The molecule has 2 aliphatic rings. The molecule has 2 aliphatic heterocycles. The molecule has 0 saturated carbocycles. The smallest absolute Gasteiger partial charge is 0.270 e. The van der Waals surface area contributed by atoms with Crippen LogP contribution >= 0.6 is 0 Å². The molecule has 1 saturated heterocycles. The van der Waals surface area contributed by atoms with Crippen molar-refractivity contribution in [3.8, 4) is 29.1 Å². The molecule has 1 aromatic heterocycles. The van der Waals surface area contributed by atoms with Crippen molar-refractivity contribution in [1.29, 1.82) is 0 Å². The predicted molar refractivity (Wildman–Crippen MR) is 147 cm³/mol. The highest BCUT2D eigenvalue weighted by Gasteiger charge is 2.34. The lowest BCUT2D eigenvalue weighted by molar-refractivity contribution is -0.120. The van der Waals surface area contributed by atoms with Gasteiger partial charge in [0, 0.05) is 37.7 Å². The maximum absolute atomic E-state index is 13.3. The number of nitrogens with one attached hydrogen (secondary N) is 1. The van der Waals surface area contributed by atoms with Crippen LogP contribution in [0.5, 0.6) is 17.2 Å². The first kappa shape index (κ1) is 27.2. The Balaban J connectivity index is 1.28. The molecule has 0 bridgehead atoms. The van der Waals surface area contributed by atoms with Crippen molar-refractivity contribution < 1.29 is 32.6 Å². The summed E-state index contributed by atoms with van der Waals surface area (Å²) < 4.78 is 35.0. The van der Waals surface area contributed by atoms with Gasteiger partial charge in [0.25, 0.3) is 11.8 Å². The third kappa shape index (κ3) is 6.25. The summed E-state index contributed by atoms with van der Waals surface area (Å²) in [6.45, 7) is -0.0959. The Morgan fingerprint density at radius 1 is 1.12 bits per heavy atom. The van der Waals surface area contributed by atoms with E-state index < -0.39 is 33.3 Å². The van der Waals surface area contributed by atoms with Crippen molar-refractivity contribution in [2.24, 2.45) is 0 Å². The van der Waals surface area contributed by atoms with Gasteiger partial charge in [-0.15, -0.1) is 0 Å². The number of benzene rings is 2. The van der Waals surface area contributed by atoms with E-state index in [1.54, 1.807) is 43.4 Å². The van der Waals surface area contributed by atoms with Gasteiger partial charge >= 0.3 is 0 Å². The molecule has 40 heavy (non-hydrogen) atoms. The number of hydrogen-bond donors (Lipinski definition) is 2. The summed E-state index contributed by atoms with van der Waals surface area (Å²) in [6.07, 6.45) is 1.55. The molecule has 3 heterocycles. The van der Waals surface area contributed by atoms with Gasteiger partial charge in [0.05, 0.1) is 17.2 Å². The number of sulfone groups is 1. The van der Waals surface area contributed by atoms with Crippen LogP contribution in [-0.2, 0) is 14.6 Å². The van der Waals surface area contributed by atoms with Crippen LogP contribution in [0.15, 0.2) is 66.9 Å². The van der Waals surface area contributed by atoms with Gasteiger partial charge in [-0.2, -0.15) is 0 Å². The van der Waals surface area contributed by atoms with Crippen LogP contribution in [0, 0.1) is 11.8 Å². The number of hydrogen-bond acceptors (Lipinski definition) is 8. The van der Waals surface area contributed by atoms with Crippen molar-refractivity contribution in [2.75, 3.05) is 30.1 Å². The third-order valence-corrected chi connectivity index (χ3v) is 8.35. The summed E-state index contributed by atoms with van der Waals surface area (Å²) in [7, 11) is -1.57. The molecule has 1 atom stereocenters. The van der Waals surface area contributed by atoms with E-state index in [0.29, 0.717) is 28.5 Å². The zero-order valence-corrected chi connectivity index (χ0v) is 22.5. The number of nitrogens with zero attached hydrogens (tertiary/aromatic N) is 2. The first-order chi connectivity index (χ1) is 19.1. The largest absolute Gasteiger partial charge is 0.489 e. The van der Waals surface area contributed by atoms with E-state index in [4.69, 9.17) is 9.47 Å². The summed E-state index contributed by atoms with van der Waals surface area (Å²) >= 11 is 0. The maximum atomic E-state index is 13.3. The summed E-state index contributed by atoms with van der Waals surface area (Å²) in [4.78, 5) is 31.7. The predicted octanol–water partition coefficient (Wildman–Crippen LogP) is 2.32. The molecule has 0 spiro atoms. The SMILES string of the molecule is CN1C(=O)C(NC(=O)c2cc(Oc3ccccc3)ccn2)COc2ccc(C#CC3(O)CCS(=O)(=O)CC3)cc21. The van der Waals surface area contributed by atoms with Crippen molar-refractivity contribution in [3.63, 3.8) is 0 Å². The van der Waals surface area contributed by atoms with Gasteiger partial charge in [0.1, 0.15) is 41.2 Å². The highest BCUT2D eigenvalue weighted by Crippen LogP contribution is 2.32. The quantitative estimate of drug-likeness (QED) is 0.464. The first-order valence-corrected chi connectivity index (χ1v) is 14.4. The molecule has 2 N–H and O–H groups in total. The molecule has 0 aliphatic carbocycles. The summed E-state index contributed by atoms with van der Waals surface area (Å²) in [6, 6.07) is 16.2. The van der Waals surface area contributed by atoms with Gasteiger partial charge in [-0.05, 0) is 36.4 Å². The highest BCUT2D eigenvalue weighted by molar-refractivity contribution is 7.91. The molecule has 206 valence electrons. The van der Waals surface area contributed by atoms with E-state index in [9.17, 15) is 23.1 Å². The average Bonchev–Trinajstić information content (AvgIpc) is 3.06. The topological polar surface area (TPSA) is 135 Å². The Labute approximate surface area is 231 Å². The molecule has 10 nitrogen and oxygen atoms in total. The number of likely N-dealkylation sites (N-methyl/N-ethyl adjacent to an activating group) is 1. The molecule has 1 fully saturated rings. The van der Waals surface area contributed by atoms with Crippen molar-refractivity contribution in [2.45, 2.75) is 24.5 Å². The second kappa shape index (κ2) is 11.0. The molecular weight excluding hydrogens is 534 g/mol. The van der Waals surface area contributed by atoms with E-state index in [0.717, 1.165) is 0 Å². The van der Waals surface area contributed by atoms with Gasteiger partial charge in [0.2, 0.25) is 0 Å². The zero-order chi connectivity index (χ0) is 28.3. The Morgan fingerprint density at radius 3 is 2.62 bits per heavy atom. The zero-order valence-electron chi connectivity index (χ0n) is 21.7. The van der Waals surface area contributed by atoms with E-state index >= 15 is 0 Å². The number of fused-ring (bicyclic) bond motifs is 1. The van der Waals surface area contributed by atoms with Crippen molar-refractivity contribution in [1.82, 2.24) is 10.3 Å². The van der Waals surface area contributed by atoms with Crippen LogP contribution in [0.1, 0.15) is 28.9 Å². The third-order valence-electron chi connectivity index (χ3n) is 6.70. The summed E-state index contributed by atoms with van der Waals surface area (Å²) in [5.41, 5.74) is -0.339. The van der Waals surface area contributed by atoms with Crippen molar-refractivity contribution in [3.05, 3.63) is 78.1 Å². The summed E-state index contributed by atoms with van der Waals surface area (Å²) in [5.74, 6) is 5.97. The van der Waals surface area contributed by atoms with Crippen LogP contribution in [0.25, 0.3) is 0 Å². The first-order valence-electron chi connectivity index (χ1n) is 12.6. The minimum absolute atomic E-state index is 0.0479. The molecule has 1 unspecified atom stereocenters. The standard InChI is InChI=1S/C29H27N3O7S/c1-32-25-17-20(9-11-29(35)12-15-40(36,37)16-13-29)7-8-26(25)38-19-24(28(32)34)31-27(33)23-18-22(10-14-30-23)39-21-5-3-2-4-6-21/h2-8,10,14,17-18,24,35H,12-13,15-16,19H2,1H3,(H,31,33). The number of ether oxygens (including phenoxy) is 2. The van der Waals surface area contributed by atoms with Gasteiger partial charge in [0.15, 0.2) is 9.84 Å². The fourth-order valence-corrected chi connectivity index (χ4v) is 5.83. The molecular formula is C29H27N3O7S.